The molecule has 0 amide bonds. The lowest BCUT2D eigenvalue weighted by Gasteiger charge is -2.69. The average molecular weight is 464 g/mol. The molecular weight excluding hydrogens is 434 g/mol. The van der Waals surface area contributed by atoms with Crippen molar-refractivity contribution in [3.05, 3.63) is 52.7 Å². The Morgan fingerprint density at radius 1 is 1.18 bits per heavy atom. The second-order valence-electron chi connectivity index (χ2n) is 10.0. The zero-order valence-electron chi connectivity index (χ0n) is 19.9. The van der Waals surface area contributed by atoms with Crippen molar-refractivity contribution >= 4 is 16.7 Å². The van der Waals surface area contributed by atoms with Crippen LogP contribution in [-0.4, -0.2) is 53.3 Å². The van der Waals surface area contributed by atoms with E-state index >= 15 is 0 Å². The van der Waals surface area contributed by atoms with Crippen LogP contribution in [0.5, 0.6) is 11.5 Å². The molecule has 0 spiro atoms. The Kier molecular flexibility index (Phi) is 5.16. The van der Waals surface area contributed by atoms with Crippen molar-refractivity contribution in [1.82, 2.24) is 14.5 Å². The van der Waals surface area contributed by atoms with Gasteiger partial charge in [0.1, 0.15) is 11.5 Å². The maximum atomic E-state index is 12.6. The molecule has 3 aliphatic rings. The van der Waals surface area contributed by atoms with Crippen LogP contribution in [0.2, 0.25) is 0 Å². The molecule has 34 heavy (non-hydrogen) atoms. The molecule has 8 nitrogen and oxygen atoms in total. The summed E-state index contributed by atoms with van der Waals surface area (Å²) < 4.78 is 13.1. The Bertz CT molecular complexity index is 1320. The van der Waals surface area contributed by atoms with Gasteiger partial charge in [0.25, 0.3) is 5.56 Å². The second-order valence-corrected chi connectivity index (χ2v) is 10.0. The molecule has 1 N–H and O–H groups in total. The van der Waals surface area contributed by atoms with Crippen LogP contribution in [0.4, 0.5) is 0 Å². The third kappa shape index (κ3) is 3.36. The predicted octanol–water partition coefficient (Wildman–Crippen LogP) is 3.30. The van der Waals surface area contributed by atoms with E-state index in [4.69, 9.17) is 9.47 Å². The summed E-state index contributed by atoms with van der Waals surface area (Å²) >= 11 is 0. The Hall–Kier alpha value is -3.39. The second kappa shape index (κ2) is 7.84. The fraction of sp³-hybridized carbons (Fsp3) is 0.423. The number of carboxylic acids is 1. The van der Waals surface area contributed by atoms with Gasteiger partial charge < -0.3 is 24.0 Å². The SMILES string of the molecule is COc1cc(-c2cn(C)c(=O)c3cnccc23)cc(OC)c1CN(C)CC12CC(C(=O)O)(C1)C2. The molecular formula is C26H29N3O5. The van der Waals surface area contributed by atoms with E-state index in [1.807, 2.05) is 31.4 Å². The van der Waals surface area contributed by atoms with Crippen LogP contribution < -0.4 is 15.0 Å². The molecule has 3 fully saturated rings. The summed E-state index contributed by atoms with van der Waals surface area (Å²) in [4.78, 5) is 30.3. The van der Waals surface area contributed by atoms with Crippen molar-refractivity contribution in [3.8, 4) is 22.6 Å². The van der Waals surface area contributed by atoms with Crippen molar-refractivity contribution in [2.24, 2.45) is 17.9 Å². The van der Waals surface area contributed by atoms with Gasteiger partial charge in [0.15, 0.2) is 0 Å². The molecule has 178 valence electrons. The molecule has 6 rings (SSSR count). The maximum Gasteiger partial charge on any atom is 0.309 e. The van der Waals surface area contributed by atoms with E-state index in [1.54, 1.807) is 38.2 Å². The fourth-order valence-electron chi connectivity index (χ4n) is 6.13. The summed E-state index contributed by atoms with van der Waals surface area (Å²) in [7, 11) is 7.06. The van der Waals surface area contributed by atoms with Gasteiger partial charge in [-0.3, -0.25) is 14.6 Å². The zero-order chi connectivity index (χ0) is 24.3. The first-order chi connectivity index (χ1) is 16.2. The number of ether oxygens (including phenoxy) is 2. The molecule has 3 saturated carbocycles. The van der Waals surface area contributed by atoms with E-state index in [0.717, 1.165) is 47.9 Å². The van der Waals surface area contributed by atoms with Gasteiger partial charge in [0.05, 0.1) is 30.6 Å². The molecule has 0 aliphatic heterocycles. The Morgan fingerprint density at radius 3 is 2.41 bits per heavy atom. The van der Waals surface area contributed by atoms with E-state index in [2.05, 4.69) is 9.88 Å². The van der Waals surface area contributed by atoms with Gasteiger partial charge in [-0.1, -0.05) is 0 Å². The van der Waals surface area contributed by atoms with Gasteiger partial charge in [0.2, 0.25) is 0 Å². The van der Waals surface area contributed by atoms with Crippen LogP contribution in [0, 0.1) is 10.8 Å². The highest BCUT2D eigenvalue weighted by Crippen LogP contribution is 2.73. The summed E-state index contributed by atoms with van der Waals surface area (Å²) in [6.45, 7) is 1.46. The molecule has 3 aromatic rings. The summed E-state index contributed by atoms with van der Waals surface area (Å²) in [5.74, 6) is 0.756. The van der Waals surface area contributed by atoms with Crippen molar-refractivity contribution in [3.63, 3.8) is 0 Å². The lowest BCUT2D eigenvalue weighted by Crippen LogP contribution is -2.68. The van der Waals surface area contributed by atoms with Crippen molar-refractivity contribution in [1.29, 1.82) is 0 Å². The normalized spacial score (nSPS) is 22.9. The number of hydrogen-bond acceptors (Lipinski definition) is 6. The average Bonchev–Trinajstić information content (AvgIpc) is 2.77. The van der Waals surface area contributed by atoms with E-state index in [0.29, 0.717) is 23.4 Å². The number of aliphatic carboxylic acids is 1. The monoisotopic (exact) mass is 463 g/mol. The lowest BCUT2D eigenvalue weighted by molar-refractivity contribution is -0.227. The lowest BCUT2D eigenvalue weighted by atomic mass is 9.35. The third-order valence-electron chi connectivity index (χ3n) is 7.53. The van der Waals surface area contributed by atoms with E-state index in [9.17, 15) is 14.7 Å². The first-order valence-corrected chi connectivity index (χ1v) is 11.3. The topological polar surface area (TPSA) is 93.9 Å². The zero-order valence-corrected chi connectivity index (χ0v) is 19.9. The number of fused-ring (bicyclic) bond motifs is 1. The molecule has 2 bridgehead atoms. The van der Waals surface area contributed by atoms with E-state index in [1.165, 1.54) is 0 Å². The molecule has 0 atom stereocenters. The molecule has 0 radical (unpaired) electrons. The highest BCUT2D eigenvalue weighted by Gasteiger charge is 2.71. The number of hydrogen-bond donors (Lipinski definition) is 1. The molecule has 0 unspecified atom stereocenters. The first-order valence-electron chi connectivity index (χ1n) is 11.3. The van der Waals surface area contributed by atoms with Crippen LogP contribution in [0.3, 0.4) is 0 Å². The molecule has 1 aromatic carbocycles. The number of aryl methyl sites for hydroxylation is 1. The van der Waals surface area contributed by atoms with Crippen molar-refractivity contribution < 1.29 is 19.4 Å². The number of carboxylic acid groups (broad SMARTS) is 1. The first kappa shape index (κ1) is 22.4. The summed E-state index contributed by atoms with van der Waals surface area (Å²) in [6, 6.07) is 5.80. The van der Waals surface area contributed by atoms with Crippen LogP contribution in [0.15, 0.2) is 41.6 Å². The standard InChI is InChI=1S/C26H29N3O5/c1-28(15-25-12-26(13-25,14-25)24(31)32)10-20-21(33-3)7-16(8-22(20)34-4)19-11-29(2)23(30)18-9-27-6-5-17(18)19/h5-9,11H,10,12-15H2,1-4H3,(H,31,32). The minimum atomic E-state index is -0.655. The molecule has 3 aliphatic carbocycles. The largest absolute Gasteiger partial charge is 0.496 e. The Balaban J connectivity index is 1.46. The summed E-state index contributed by atoms with van der Waals surface area (Å²) in [5, 5.41) is 10.8. The summed E-state index contributed by atoms with van der Waals surface area (Å²) in [5.41, 5.74) is 2.27. The number of methoxy groups -OCH3 is 2. The highest BCUT2D eigenvalue weighted by atomic mass is 16.5. The molecule has 2 aromatic heterocycles. The van der Waals surface area contributed by atoms with Gasteiger partial charge in [-0.15, -0.1) is 0 Å². The van der Waals surface area contributed by atoms with Gasteiger partial charge in [0, 0.05) is 44.3 Å². The maximum absolute atomic E-state index is 12.6. The smallest absolute Gasteiger partial charge is 0.309 e. The van der Waals surface area contributed by atoms with Gasteiger partial charge in [-0.2, -0.15) is 0 Å². The summed E-state index contributed by atoms with van der Waals surface area (Å²) in [6.07, 6.45) is 7.40. The highest BCUT2D eigenvalue weighted by molar-refractivity contribution is 5.95. The van der Waals surface area contributed by atoms with Crippen molar-refractivity contribution in [2.75, 3.05) is 27.8 Å². The number of nitrogens with zero attached hydrogens (tertiary/aromatic N) is 3. The third-order valence-corrected chi connectivity index (χ3v) is 7.53. The Labute approximate surface area is 197 Å². The number of benzene rings is 1. The molecule has 8 heteroatoms. The Morgan fingerprint density at radius 2 is 1.82 bits per heavy atom. The quantitative estimate of drug-likeness (QED) is 0.548. The van der Waals surface area contributed by atoms with Gasteiger partial charge in [-0.05, 0) is 60.9 Å². The fourth-order valence-corrected chi connectivity index (χ4v) is 6.13. The van der Waals surface area contributed by atoms with Crippen LogP contribution >= 0.6 is 0 Å². The molecule has 2 heterocycles. The van der Waals surface area contributed by atoms with Crippen LogP contribution in [-0.2, 0) is 18.4 Å². The molecule has 0 saturated heterocycles. The minimum Gasteiger partial charge on any atom is -0.496 e. The number of carbonyl (C=O) groups is 1. The van der Waals surface area contributed by atoms with E-state index < -0.39 is 11.4 Å². The predicted molar refractivity (Wildman–Crippen MR) is 128 cm³/mol. The van der Waals surface area contributed by atoms with Crippen molar-refractivity contribution in [2.45, 2.75) is 25.8 Å². The van der Waals surface area contributed by atoms with Crippen LogP contribution in [0.25, 0.3) is 21.9 Å². The number of pyridine rings is 2. The number of rotatable bonds is 8. The number of aromatic nitrogens is 2. The van der Waals surface area contributed by atoms with Gasteiger partial charge in [-0.25, -0.2) is 0 Å². The minimum absolute atomic E-state index is 0.0951. The van der Waals surface area contributed by atoms with E-state index in [-0.39, 0.29) is 11.0 Å². The van der Waals surface area contributed by atoms with Crippen LogP contribution in [0.1, 0.15) is 24.8 Å². The van der Waals surface area contributed by atoms with Gasteiger partial charge >= 0.3 is 5.97 Å².